The van der Waals surface area contributed by atoms with Gasteiger partial charge in [0.2, 0.25) is 0 Å². The van der Waals surface area contributed by atoms with E-state index in [9.17, 15) is 0 Å². The molecule has 0 unspecified atom stereocenters. The molecule has 0 N–H and O–H groups in total. The fourth-order valence-electron chi connectivity index (χ4n) is 6.33. The van der Waals surface area contributed by atoms with Crippen LogP contribution in [0.5, 0.6) is 0 Å². The maximum absolute atomic E-state index is 2.61. The van der Waals surface area contributed by atoms with Crippen LogP contribution in [0.2, 0.25) is 0 Å². The summed E-state index contributed by atoms with van der Waals surface area (Å²) in [6.45, 7) is 9.40. The van der Waals surface area contributed by atoms with Gasteiger partial charge in [-0.1, -0.05) is 175 Å². The maximum Gasteiger partial charge on any atom is 0.256 e. The van der Waals surface area contributed by atoms with Crippen molar-refractivity contribution in [2.45, 2.75) is 226 Å². The van der Waals surface area contributed by atoms with Crippen molar-refractivity contribution < 1.29 is 4.57 Å². The van der Waals surface area contributed by atoms with E-state index in [-0.39, 0.29) is 0 Å². The van der Waals surface area contributed by atoms with Gasteiger partial charge in [0.25, 0.3) is 5.82 Å². The summed E-state index contributed by atoms with van der Waals surface area (Å²) in [4.78, 5) is 0. The summed E-state index contributed by atoms with van der Waals surface area (Å²) in [5.74, 6) is 1.61. The largest absolute Gasteiger partial charge is 0.256 e. The van der Waals surface area contributed by atoms with Crippen molar-refractivity contribution in [3.63, 3.8) is 0 Å². The second kappa shape index (κ2) is 29.7. The van der Waals surface area contributed by atoms with E-state index in [2.05, 4.69) is 42.3 Å². The fraction of sp³-hybridized carbons (Fsp3) is 0.921. The number of imidazole rings is 1. The highest BCUT2D eigenvalue weighted by Crippen LogP contribution is 2.15. The van der Waals surface area contributed by atoms with Gasteiger partial charge in [-0.3, -0.25) is 0 Å². The fourth-order valence-corrected chi connectivity index (χ4v) is 6.33. The number of hydrogen-bond acceptors (Lipinski definition) is 0. The second-order valence-electron chi connectivity index (χ2n) is 13.0. The first-order valence-electron chi connectivity index (χ1n) is 18.9. The molecule has 0 saturated heterocycles. The summed E-state index contributed by atoms with van der Waals surface area (Å²) in [6.07, 6.45) is 47.4. The highest BCUT2D eigenvalue weighted by atomic mass is 15.1. The minimum Gasteiger partial charge on any atom is -0.234 e. The molecule has 40 heavy (non-hydrogen) atoms. The molecule has 0 spiro atoms. The van der Waals surface area contributed by atoms with Crippen molar-refractivity contribution in [2.75, 3.05) is 0 Å². The molecule has 0 saturated carbocycles. The molecule has 0 fully saturated rings. The third-order valence-electron chi connectivity index (χ3n) is 9.10. The molecule has 1 rings (SSSR count). The number of aryl methyl sites for hydroxylation is 2. The Morgan fingerprint density at radius 1 is 0.425 bits per heavy atom. The van der Waals surface area contributed by atoms with Crippen LogP contribution in [0.4, 0.5) is 0 Å². The minimum absolute atomic E-state index is 1.23. The van der Waals surface area contributed by atoms with Crippen LogP contribution in [0, 0.1) is 0 Å². The Hall–Kier alpha value is -0.790. The molecular weight excluding hydrogens is 484 g/mol. The Bertz CT molecular complexity index is 619. The summed E-state index contributed by atoms with van der Waals surface area (Å²) in [5, 5.41) is 0. The van der Waals surface area contributed by atoms with Crippen LogP contribution >= 0.6 is 0 Å². The Kier molecular flexibility index (Phi) is 27.6. The van der Waals surface area contributed by atoms with Crippen molar-refractivity contribution in [1.82, 2.24) is 4.57 Å². The van der Waals surface area contributed by atoms with E-state index in [0.717, 1.165) is 0 Å². The molecule has 0 aliphatic rings. The van der Waals surface area contributed by atoms with E-state index >= 15 is 0 Å². The molecule has 1 aromatic heterocycles. The van der Waals surface area contributed by atoms with E-state index in [4.69, 9.17) is 0 Å². The van der Waals surface area contributed by atoms with Crippen LogP contribution in [0.1, 0.15) is 213 Å². The normalized spacial score (nSPS) is 11.6. The summed E-state index contributed by atoms with van der Waals surface area (Å²) in [6, 6.07) is 0. The van der Waals surface area contributed by atoms with Crippen LogP contribution in [0.3, 0.4) is 0 Å². The highest BCUT2D eigenvalue weighted by molar-refractivity contribution is 4.84. The lowest BCUT2D eigenvalue weighted by Crippen LogP contribution is -2.37. The van der Waals surface area contributed by atoms with Crippen LogP contribution in [-0.4, -0.2) is 4.57 Å². The van der Waals surface area contributed by atoms with Crippen molar-refractivity contribution >= 4 is 0 Å². The molecule has 0 aromatic carbocycles. The minimum atomic E-state index is 1.23. The molecular formula is C38H75N2+. The van der Waals surface area contributed by atoms with Crippen molar-refractivity contribution in [2.24, 2.45) is 0 Å². The monoisotopic (exact) mass is 560 g/mol. The lowest BCUT2D eigenvalue weighted by atomic mass is 10.0. The van der Waals surface area contributed by atoms with Crippen molar-refractivity contribution in [3.05, 3.63) is 18.2 Å². The lowest BCUT2D eigenvalue weighted by Gasteiger charge is -2.07. The third kappa shape index (κ3) is 21.9. The Morgan fingerprint density at radius 2 is 0.775 bits per heavy atom. The van der Waals surface area contributed by atoms with E-state index in [1.807, 2.05) is 0 Å². The predicted octanol–water partition coefficient (Wildman–Crippen LogP) is 12.7. The van der Waals surface area contributed by atoms with E-state index in [0.29, 0.717) is 0 Å². The first-order chi connectivity index (χ1) is 19.8. The Balaban J connectivity index is 2.12. The number of hydrogen-bond donors (Lipinski definition) is 0. The van der Waals surface area contributed by atoms with Crippen LogP contribution in [0.15, 0.2) is 12.4 Å². The maximum atomic E-state index is 2.61. The molecule has 0 aliphatic carbocycles. The molecule has 0 atom stereocenters. The summed E-state index contributed by atoms with van der Waals surface area (Å²) in [7, 11) is 0. The number of aromatic nitrogens is 2. The van der Waals surface area contributed by atoms with Crippen molar-refractivity contribution in [3.8, 4) is 0 Å². The van der Waals surface area contributed by atoms with Gasteiger partial charge in [-0.05, 0) is 32.1 Å². The van der Waals surface area contributed by atoms with Gasteiger partial charge < -0.3 is 0 Å². The number of unbranched alkanes of at least 4 members (excludes halogenated alkanes) is 26. The lowest BCUT2D eigenvalue weighted by molar-refractivity contribution is -0.704. The van der Waals surface area contributed by atoms with Gasteiger partial charge in [-0.25, -0.2) is 9.13 Å². The van der Waals surface area contributed by atoms with Gasteiger partial charge in [0.15, 0.2) is 0 Å². The quantitative estimate of drug-likeness (QED) is 0.0613. The smallest absolute Gasteiger partial charge is 0.234 e. The van der Waals surface area contributed by atoms with Crippen molar-refractivity contribution in [1.29, 1.82) is 0 Å². The van der Waals surface area contributed by atoms with Crippen LogP contribution < -0.4 is 4.57 Å². The average molecular weight is 560 g/mol. The molecule has 236 valence electrons. The molecule has 2 heteroatoms. The summed E-state index contributed by atoms with van der Waals surface area (Å²) in [5.41, 5.74) is 0. The van der Waals surface area contributed by atoms with Gasteiger partial charge in [0.1, 0.15) is 12.4 Å². The topological polar surface area (TPSA) is 8.81 Å². The number of nitrogens with zero attached hydrogens (tertiary/aromatic N) is 2. The average Bonchev–Trinajstić information content (AvgIpc) is 3.35. The zero-order valence-corrected chi connectivity index (χ0v) is 28.2. The molecule has 2 nitrogen and oxygen atoms in total. The molecule has 1 heterocycles. The highest BCUT2D eigenvalue weighted by Gasteiger charge is 2.16. The van der Waals surface area contributed by atoms with Crippen LogP contribution in [0.25, 0.3) is 0 Å². The molecule has 0 bridgehead atoms. The Morgan fingerprint density at radius 3 is 1.20 bits per heavy atom. The second-order valence-corrected chi connectivity index (χ2v) is 13.0. The zero-order valence-electron chi connectivity index (χ0n) is 28.2. The van der Waals surface area contributed by atoms with E-state index in [1.54, 1.807) is 5.82 Å². The third-order valence-corrected chi connectivity index (χ3v) is 9.10. The SMILES string of the molecule is CCCCCCCCCCCCCCCCCCCn1cc[n+](CCCCCCCCCC)c1CCCCCC. The van der Waals surface area contributed by atoms with E-state index in [1.165, 1.54) is 206 Å². The molecule has 0 radical (unpaired) electrons. The molecule has 0 amide bonds. The number of rotatable bonds is 32. The molecule has 0 aliphatic heterocycles. The standard InChI is InChI=1S/C38H75N2/c1-4-7-10-13-15-17-18-19-20-21-22-23-24-25-27-29-32-35-40-37-36-39(38(40)33-30-12-9-6-3)34-31-28-26-16-14-11-8-5-2/h36-37H,4-35H2,1-3H3/q+1. The van der Waals surface area contributed by atoms with E-state index < -0.39 is 0 Å². The first kappa shape index (κ1) is 37.2. The summed E-state index contributed by atoms with van der Waals surface area (Å²) >= 11 is 0. The van der Waals surface area contributed by atoms with Gasteiger partial charge in [-0.2, -0.15) is 0 Å². The Labute approximate surface area is 253 Å². The van der Waals surface area contributed by atoms with Gasteiger partial charge in [-0.15, -0.1) is 0 Å². The van der Waals surface area contributed by atoms with Gasteiger partial charge in [0.05, 0.1) is 13.1 Å². The predicted molar refractivity (Wildman–Crippen MR) is 179 cm³/mol. The molecule has 1 aromatic rings. The summed E-state index contributed by atoms with van der Waals surface area (Å²) < 4.78 is 5.22. The zero-order chi connectivity index (χ0) is 28.8. The first-order valence-corrected chi connectivity index (χ1v) is 18.9. The van der Waals surface area contributed by atoms with Crippen LogP contribution in [-0.2, 0) is 19.5 Å². The van der Waals surface area contributed by atoms with Gasteiger partial charge in [0, 0.05) is 6.42 Å². The van der Waals surface area contributed by atoms with Gasteiger partial charge >= 0.3 is 0 Å².